The van der Waals surface area contributed by atoms with Crippen LogP contribution in [0.5, 0.6) is 0 Å². The molecule has 0 atom stereocenters. The summed E-state index contributed by atoms with van der Waals surface area (Å²) >= 11 is 0. The lowest BCUT2D eigenvalue weighted by Gasteiger charge is -2.07. The Bertz CT molecular complexity index is 557. The molecule has 6 nitrogen and oxygen atoms in total. The van der Waals surface area contributed by atoms with Gasteiger partial charge in [0.25, 0.3) is 5.69 Å². The Kier molecular flexibility index (Phi) is 2.87. The van der Waals surface area contributed by atoms with Gasteiger partial charge < -0.3 is 11.1 Å². The van der Waals surface area contributed by atoms with Crippen LogP contribution in [0.15, 0.2) is 42.6 Å². The van der Waals surface area contributed by atoms with Crippen molar-refractivity contribution in [3.8, 4) is 0 Å². The smallest absolute Gasteiger partial charge is 0.271 e. The Morgan fingerprint density at radius 3 is 2.82 bits per heavy atom. The predicted molar refractivity (Wildman–Crippen MR) is 65.0 cm³/mol. The van der Waals surface area contributed by atoms with E-state index < -0.39 is 4.92 Å². The third-order valence-electron chi connectivity index (χ3n) is 2.16. The average molecular weight is 230 g/mol. The summed E-state index contributed by atoms with van der Waals surface area (Å²) in [4.78, 5) is 14.2. The molecular weight excluding hydrogens is 220 g/mol. The van der Waals surface area contributed by atoms with Crippen LogP contribution in [0, 0.1) is 10.1 Å². The van der Waals surface area contributed by atoms with Gasteiger partial charge in [0.15, 0.2) is 5.82 Å². The predicted octanol–water partition coefficient (Wildman–Crippen LogP) is 2.32. The summed E-state index contributed by atoms with van der Waals surface area (Å²) in [5, 5.41) is 13.5. The maximum atomic E-state index is 10.6. The second-order valence-corrected chi connectivity index (χ2v) is 3.37. The van der Waals surface area contributed by atoms with Crippen molar-refractivity contribution in [2.24, 2.45) is 0 Å². The van der Waals surface area contributed by atoms with Crippen molar-refractivity contribution in [1.29, 1.82) is 0 Å². The zero-order chi connectivity index (χ0) is 12.3. The van der Waals surface area contributed by atoms with Crippen molar-refractivity contribution < 1.29 is 4.92 Å². The first-order chi connectivity index (χ1) is 8.16. The molecule has 1 aromatic carbocycles. The molecule has 86 valence electrons. The second kappa shape index (κ2) is 4.48. The number of nitrogens with two attached hydrogens (primary N) is 1. The molecule has 0 fully saturated rings. The number of nitrogens with one attached hydrogen (secondary N) is 1. The van der Waals surface area contributed by atoms with Gasteiger partial charge in [0.1, 0.15) is 0 Å². The summed E-state index contributed by atoms with van der Waals surface area (Å²) in [6, 6.07) is 9.57. The van der Waals surface area contributed by atoms with E-state index in [1.54, 1.807) is 30.5 Å². The molecule has 6 heteroatoms. The Hall–Kier alpha value is -2.63. The lowest BCUT2D eigenvalue weighted by molar-refractivity contribution is -0.384. The third kappa shape index (κ3) is 2.49. The van der Waals surface area contributed by atoms with Crippen LogP contribution in [0.3, 0.4) is 0 Å². The molecule has 17 heavy (non-hydrogen) atoms. The Morgan fingerprint density at radius 1 is 1.29 bits per heavy atom. The molecule has 0 radical (unpaired) electrons. The molecule has 2 rings (SSSR count). The van der Waals surface area contributed by atoms with E-state index >= 15 is 0 Å². The first-order valence-corrected chi connectivity index (χ1v) is 4.89. The van der Waals surface area contributed by atoms with Gasteiger partial charge >= 0.3 is 0 Å². The second-order valence-electron chi connectivity index (χ2n) is 3.37. The Morgan fingerprint density at radius 2 is 2.12 bits per heavy atom. The van der Waals surface area contributed by atoms with Gasteiger partial charge in [-0.2, -0.15) is 0 Å². The van der Waals surface area contributed by atoms with Crippen LogP contribution >= 0.6 is 0 Å². The van der Waals surface area contributed by atoms with E-state index in [1.165, 1.54) is 12.1 Å². The molecule has 0 aliphatic heterocycles. The van der Waals surface area contributed by atoms with E-state index in [9.17, 15) is 10.1 Å². The van der Waals surface area contributed by atoms with Crippen LogP contribution < -0.4 is 11.1 Å². The van der Waals surface area contributed by atoms with Crippen LogP contribution in [-0.2, 0) is 0 Å². The first-order valence-electron chi connectivity index (χ1n) is 4.89. The number of nitrogen functional groups attached to an aromatic ring is 1. The number of aromatic nitrogens is 1. The minimum absolute atomic E-state index is 0.0181. The van der Waals surface area contributed by atoms with E-state index in [1.807, 2.05) is 0 Å². The molecule has 0 bridgehead atoms. The van der Waals surface area contributed by atoms with Gasteiger partial charge in [0.2, 0.25) is 0 Å². The van der Waals surface area contributed by atoms with Crippen molar-refractivity contribution in [3.05, 3.63) is 52.7 Å². The average Bonchev–Trinajstić information content (AvgIpc) is 2.32. The molecule has 0 aliphatic rings. The molecule has 0 unspecified atom stereocenters. The topological polar surface area (TPSA) is 94.1 Å². The zero-order valence-corrected chi connectivity index (χ0v) is 8.83. The van der Waals surface area contributed by atoms with Crippen LogP contribution in [0.25, 0.3) is 0 Å². The van der Waals surface area contributed by atoms with E-state index in [-0.39, 0.29) is 5.69 Å². The van der Waals surface area contributed by atoms with Crippen molar-refractivity contribution in [2.75, 3.05) is 11.1 Å². The van der Waals surface area contributed by atoms with Crippen LogP contribution in [-0.4, -0.2) is 9.91 Å². The number of nitrogens with zero attached hydrogens (tertiary/aromatic N) is 2. The standard InChI is InChI=1S/C11H10N4O2/c12-10-5-2-6-13-11(10)14-8-3-1-4-9(7-8)15(16)17/h1-7H,12H2,(H,13,14). The highest BCUT2D eigenvalue weighted by molar-refractivity contribution is 5.69. The lowest BCUT2D eigenvalue weighted by atomic mass is 10.2. The van der Waals surface area contributed by atoms with Gasteiger partial charge in [-0.1, -0.05) is 6.07 Å². The van der Waals surface area contributed by atoms with Gasteiger partial charge in [-0.05, 0) is 18.2 Å². The fraction of sp³-hybridized carbons (Fsp3) is 0. The maximum Gasteiger partial charge on any atom is 0.271 e. The normalized spacial score (nSPS) is 9.88. The van der Waals surface area contributed by atoms with Gasteiger partial charge in [-0.3, -0.25) is 10.1 Å². The molecule has 0 saturated carbocycles. The number of rotatable bonds is 3. The summed E-state index contributed by atoms with van der Waals surface area (Å²) in [6.45, 7) is 0. The SMILES string of the molecule is Nc1cccnc1Nc1cccc([N+](=O)[O-])c1. The van der Waals surface area contributed by atoms with Gasteiger partial charge in [0.05, 0.1) is 10.6 Å². The number of benzene rings is 1. The molecule has 0 spiro atoms. The van der Waals surface area contributed by atoms with E-state index in [4.69, 9.17) is 5.73 Å². The summed E-state index contributed by atoms with van der Waals surface area (Å²) in [5.41, 5.74) is 6.78. The number of nitro benzene ring substituents is 1. The summed E-state index contributed by atoms with van der Waals surface area (Å²) in [5.74, 6) is 0.480. The minimum Gasteiger partial charge on any atom is -0.396 e. The molecule has 0 aliphatic carbocycles. The first kappa shape index (κ1) is 10.9. The summed E-state index contributed by atoms with van der Waals surface area (Å²) in [6.07, 6.45) is 1.59. The largest absolute Gasteiger partial charge is 0.396 e. The fourth-order valence-corrected chi connectivity index (χ4v) is 1.36. The molecule has 1 aromatic heterocycles. The van der Waals surface area contributed by atoms with Crippen LogP contribution in [0.4, 0.5) is 22.9 Å². The quantitative estimate of drug-likeness (QED) is 0.623. The van der Waals surface area contributed by atoms with E-state index in [2.05, 4.69) is 10.3 Å². The monoisotopic (exact) mass is 230 g/mol. The molecule has 3 N–H and O–H groups in total. The Balaban J connectivity index is 2.28. The van der Waals surface area contributed by atoms with Crippen LogP contribution in [0.2, 0.25) is 0 Å². The van der Waals surface area contributed by atoms with Crippen LogP contribution in [0.1, 0.15) is 0 Å². The van der Waals surface area contributed by atoms with Gasteiger partial charge in [-0.15, -0.1) is 0 Å². The van der Waals surface area contributed by atoms with E-state index in [0.29, 0.717) is 17.2 Å². The molecular formula is C11H10N4O2. The highest BCUT2D eigenvalue weighted by Gasteiger charge is 2.06. The van der Waals surface area contributed by atoms with Gasteiger partial charge in [0, 0.05) is 24.0 Å². The molecule has 2 aromatic rings. The van der Waals surface area contributed by atoms with Crippen molar-refractivity contribution in [3.63, 3.8) is 0 Å². The highest BCUT2D eigenvalue weighted by Crippen LogP contribution is 2.23. The summed E-state index contributed by atoms with van der Waals surface area (Å²) < 4.78 is 0. The molecule has 0 amide bonds. The summed E-state index contributed by atoms with van der Waals surface area (Å²) in [7, 11) is 0. The number of hydrogen-bond acceptors (Lipinski definition) is 5. The number of anilines is 3. The van der Waals surface area contributed by atoms with Crippen molar-refractivity contribution >= 4 is 22.9 Å². The number of non-ortho nitro benzene ring substituents is 1. The third-order valence-corrected chi connectivity index (χ3v) is 2.16. The highest BCUT2D eigenvalue weighted by atomic mass is 16.6. The Labute approximate surface area is 97.3 Å². The van der Waals surface area contributed by atoms with Crippen molar-refractivity contribution in [2.45, 2.75) is 0 Å². The number of nitro groups is 1. The minimum atomic E-state index is -0.451. The fourth-order valence-electron chi connectivity index (χ4n) is 1.36. The zero-order valence-electron chi connectivity index (χ0n) is 8.83. The maximum absolute atomic E-state index is 10.6. The number of hydrogen-bond donors (Lipinski definition) is 2. The van der Waals surface area contributed by atoms with Gasteiger partial charge in [-0.25, -0.2) is 4.98 Å². The molecule has 0 saturated heterocycles. The van der Waals surface area contributed by atoms with Crippen molar-refractivity contribution in [1.82, 2.24) is 4.98 Å². The molecule has 1 heterocycles. The van der Waals surface area contributed by atoms with E-state index in [0.717, 1.165) is 0 Å². The lowest BCUT2D eigenvalue weighted by Crippen LogP contribution is -1.99. The number of pyridine rings is 1.